The Morgan fingerprint density at radius 2 is 1.30 bits per heavy atom. The van der Waals surface area contributed by atoms with E-state index in [9.17, 15) is 51.9 Å². The molecule has 26 heteroatoms. The molecule has 0 unspecified atom stereocenters. The number of hydrogen-bond donors (Lipinski definition) is 6. The molecule has 0 saturated carbocycles. The first-order valence-corrected chi connectivity index (χ1v) is 27.6. The van der Waals surface area contributed by atoms with Crippen molar-refractivity contribution in [1.82, 2.24) is 0 Å². The first-order valence-electron chi connectivity index (χ1n) is 20.1. The molecule has 0 radical (unpaired) electrons. The molecule has 0 saturated heterocycles. The fraction of sp³-hybridized carbons (Fsp3) is 0.341. The van der Waals surface area contributed by atoms with Crippen LogP contribution in [0.25, 0.3) is 21.5 Å². The lowest BCUT2D eigenvalue weighted by Crippen LogP contribution is -2.28. The van der Waals surface area contributed by atoms with Crippen LogP contribution in [0.2, 0.25) is 0 Å². The van der Waals surface area contributed by atoms with Crippen LogP contribution in [0.5, 0.6) is 0 Å². The predicted octanol–water partition coefficient (Wildman–Crippen LogP) is 7.85. The quantitative estimate of drug-likeness (QED) is 0.00880. The third kappa shape index (κ3) is 11.8. The number of unbranched alkanes of at least 4 members (excludes halogenated alkanes) is 2. The van der Waals surface area contributed by atoms with Crippen molar-refractivity contribution in [3.8, 4) is 0 Å². The maximum atomic E-state index is 12.9. The lowest BCUT2D eigenvalue weighted by atomic mass is 9.79. The van der Waals surface area contributed by atoms with Gasteiger partial charge in [-0.1, -0.05) is 48.2 Å². The molecule has 2 heterocycles. The maximum Gasteiger partial charge on any atom is 0.295 e. The number of nitrogens with zero attached hydrogens (tertiary/aromatic N) is 2. The summed E-state index contributed by atoms with van der Waals surface area (Å²) in [5, 5.41) is 26.7. The molecule has 2 aliphatic heterocycles. The summed E-state index contributed by atoms with van der Waals surface area (Å²) in [7, 11) is -18.0. The fourth-order valence-corrected chi connectivity index (χ4v) is 12.4. The fourth-order valence-electron chi connectivity index (χ4n) is 8.80. The molecular formula is C41H47N2O18S6+. The zero-order valence-electron chi connectivity index (χ0n) is 36.1. The summed E-state index contributed by atoms with van der Waals surface area (Å²) in [5.41, 5.74) is 2.06. The van der Waals surface area contributed by atoms with Crippen LogP contribution in [0.3, 0.4) is 0 Å². The molecular weight excluding hydrogens is 1000 g/mol. The normalized spacial score (nSPS) is 17.0. The zero-order chi connectivity index (χ0) is 49.3. The van der Waals surface area contributed by atoms with Gasteiger partial charge in [0.25, 0.3) is 40.5 Å². The van der Waals surface area contributed by atoms with E-state index in [1.165, 1.54) is 18.2 Å². The summed E-state index contributed by atoms with van der Waals surface area (Å²) >= 11 is 1.02. The molecule has 0 atom stereocenters. The molecule has 6 rings (SSSR count). The molecule has 364 valence electrons. The van der Waals surface area contributed by atoms with Crippen LogP contribution >= 0.6 is 24.1 Å². The molecule has 0 bridgehead atoms. The van der Waals surface area contributed by atoms with E-state index in [-0.39, 0.29) is 41.1 Å². The summed E-state index contributed by atoms with van der Waals surface area (Å²) in [5.74, 6) is -0.941. The van der Waals surface area contributed by atoms with E-state index in [2.05, 4.69) is 14.4 Å². The molecule has 67 heavy (non-hydrogen) atoms. The van der Waals surface area contributed by atoms with Crippen molar-refractivity contribution in [1.29, 1.82) is 0 Å². The topological polar surface area (TPSA) is 301 Å². The van der Waals surface area contributed by atoms with Gasteiger partial charge in [-0.15, -0.1) is 8.67 Å². The molecule has 0 aromatic heterocycles. The summed E-state index contributed by atoms with van der Waals surface area (Å²) in [4.78, 5) is 1.46. The molecule has 0 fully saturated rings. The molecule has 0 spiro atoms. The highest BCUT2D eigenvalue weighted by molar-refractivity contribution is 7.95. The van der Waals surface area contributed by atoms with Gasteiger partial charge in [0.05, 0.1) is 45.9 Å². The van der Waals surface area contributed by atoms with Gasteiger partial charge < -0.3 is 4.90 Å². The Hall–Kier alpha value is -3.81. The van der Waals surface area contributed by atoms with Crippen LogP contribution in [0, 0.1) is 0 Å². The highest BCUT2D eigenvalue weighted by Gasteiger charge is 2.47. The number of rotatable bonds is 21. The number of fused-ring (bicyclic) bond motifs is 6. The summed E-state index contributed by atoms with van der Waals surface area (Å²) in [6.45, 7) is 8.09. The van der Waals surface area contributed by atoms with E-state index >= 15 is 0 Å². The molecule has 20 nitrogen and oxygen atoms in total. The minimum Gasteiger partial charge on any atom is -0.344 e. The van der Waals surface area contributed by atoms with Gasteiger partial charge in [-0.2, -0.15) is 38.2 Å². The van der Waals surface area contributed by atoms with Crippen LogP contribution in [0.15, 0.2) is 104 Å². The van der Waals surface area contributed by atoms with Crippen LogP contribution in [0.4, 0.5) is 11.4 Å². The largest absolute Gasteiger partial charge is 0.344 e. The van der Waals surface area contributed by atoms with E-state index in [1.807, 2.05) is 49.3 Å². The second-order valence-electron chi connectivity index (χ2n) is 16.6. The van der Waals surface area contributed by atoms with E-state index in [0.29, 0.717) is 81.3 Å². The van der Waals surface area contributed by atoms with Crippen molar-refractivity contribution in [3.05, 3.63) is 95.7 Å². The van der Waals surface area contributed by atoms with E-state index in [1.54, 1.807) is 48.6 Å². The van der Waals surface area contributed by atoms with Crippen LogP contribution in [-0.2, 0) is 70.0 Å². The maximum absolute atomic E-state index is 12.9. The van der Waals surface area contributed by atoms with Gasteiger partial charge in [-0.3, -0.25) is 18.2 Å². The van der Waals surface area contributed by atoms with Gasteiger partial charge in [0.1, 0.15) is 11.4 Å². The molecule has 4 aromatic carbocycles. The first-order chi connectivity index (χ1) is 31.2. The Morgan fingerprint density at radius 1 is 0.672 bits per heavy atom. The summed E-state index contributed by atoms with van der Waals surface area (Å²) in [6.07, 6.45) is 9.75. The average molecular weight is 1050 g/mol. The minimum absolute atomic E-state index is 0.108. The molecule has 2 aliphatic rings. The van der Waals surface area contributed by atoms with Gasteiger partial charge in [-0.05, 0) is 91.9 Å². The Bertz CT molecular complexity index is 3180. The van der Waals surface area contributed by atoms with E-state index < -0.39 is 72.6 Å². The van der Waals surface area contributed by atoms with Crippen LogP contribution in [-0.4, -0.2) is 97.3 Å². The van der Waals surface area contributed by atoms with Gasteiger partial charge in [0.2, 0.25) is 5.69 Å². The number of anilines is 1. The van der Waals surface area contributed by atoms with Gasteiger partial charge in [-0.25, -0.2) is 10.5 Å². The van der Waals surface area contributed by atoms with E-state index in [0.717, 1.165) is 5.70 Å². The van der Waals surface area contributed by atoms with Crippen molar-refractivity contribution in [2.45, 2.75) is 83.8 Å². The second kappa shape index (κ2) is 20.3. The van der Waals surface area contributed by atoms with Crippen molar-refractivity contribution in [2.24, 2.45) is 0 Å². The van der Waals surface area contributed by atoms with Gasteiger partial charge in [0.15, 0.2) is 5.71 Å². The summed E-state index contributed by atoms with van der Waals surface area (Å²) in [6, 6.07) is 12.0. The third-order valence-corrected chi connectivity index (χ3v) is 16.0. The lowest BCUT2D eigenvalue weighted by molar-refractivity contribution is -0.438. The Labute approximate surface area is 395 Å². The van der Waals surface area contributed by atoms with Gasteiger partial charge in [0, 0.05) is 68.0 Å². The van der Waals surface area contributed by atoms with Crippen LogP contribution < -0.4 is 4.90 Å². The molecule has 6 N–H and O–H groups in total. The number of hydrogen-bond acceptors (Lipinski definition) is 17. The number of allylic oxidation sites excluding steroid dienone is 6. The second-order valence-corrected chi connectivity index (χ2v) is 24.1. The predicted molar refractivity (Wildman–Crippen MR) is 250 cm³/mol. The standard InChI is InChI=1S/C41H46N2O18S6/c1-40(2)34(42(18-8-10-20-64(46,47)48)30-17-15-27-23-29(66(52,53)54)25-32(63-61-59-45)36(27)38(30)40)12-6-5-7-13-35-41(3,4)39-31(43(35)19-9-11-21-65(49,50)51)16-14-26-22-28(62-60-58-44)24-33(37(26)39)67(55,56)57/h5-7,12-17,22-25H,8-11,18-21H2,1-4H3,(H5-,44,45,46,47,48,49,50,51,52,53,54,55,56,57)/p+1. The van der Waals surface area contributed by atoms with Gasteiger partial charge >= 0.3 is 0 Å². The zero-order valence-corrected chi connectivity index (χ0v) is 41.0. The Morgan fingerprint density at radius 3 is 1.93 bits per heavy atom. The smallest absolute Gasteiger partial charge is 0.295 e. The van der Waals surface area contributed by atoms with Crippen molar-refractivity contribution < 1.29 is 85.7 Å². The third-order valence-electron chi connectivity index (χ3n) is 11.4. The highest BCUT2D eigenvalue weighted by Crippen LogP contribution is 2.53. The Kier molecular flexibility index (Phi) is 15.9. The monoisotopic (exact) mass is 1050 g/mol. The van der Waals surface area contributed by atoms with Crippen LogP contribution in [0.1, 0.15) is 64.5 Å². The SMILES string of the molecule is CC1(C)C(=CC=CC=CC2=[N+](CCCCS(=O)(=O)O)c3ccc4cc(SOOO)cc(S(=O)(=O)O)c4c3C2(C)C)N(CCCCS(=O)(=O)O)c2ccc3cc(S(=O)(=O)O)cc(SOOO)c3c21. The first kappa shape index (κ1) is 52.6. The van der Waals surface area contributed by atoms with E-state index in [4.69, 9.17) is 14.8 Å². The number of benzene rings is 4. The van der Waals surface area contributed by atoms with Crippen molar-refractivity contribution in [3.63, 3.8) is 0 Å². The average Bonchev–Trinajstić information content (AvgIpc) is 3.57. The van der Waals surface area contributed by atoms with Crippen molar-refractivity contribution >= 4 is 103 Å². The Balaban J connectivity index is 1.45. The highest BCUT2D eigenvalue weighted by atomic mass is 32.2. The molecule has 4 aromatic rings. The summed E-state index contributed by atoms with van der Waals surface area (Å²) < 4.78 is 147. The molecule has 0 amide bonds. The molecule has 0 aliphatic carbocycles. The lowest BCUT2D eigenvalue weighted by Gasteiger charge is -2.27. The van der Waals surface area contributed by atoms with Crippen molar-refractivity contribution in [2.75, 3.05) is 29.5 Å². The minimum atomic E-state index is -4.86.